The van der Waals surface area contributed by atoms with Crippen molar-refractivity contribution in [1.82, 2.24) is 0 Å². The first-order chi connectivity index (χ1) is 5.97. The lowest BCUT2D eigenvalue weighted by Gasteiger charge is -2.22. The number of aliphatic hydroxyl groups is 1. The number of benzene rings is 1. The van der Waals surface area contributed by atoms with E-state index in [0.29, 0.717) is 10.7 Å². The summed E-state index contributed by atoms with van der Waals surface area (Å²) in [6.45, 7) is 4.00. The Bertz CT molecular complexity index is 310. The van der Waals surface area contributed by atoms with Crippen molar-refractivity contribution in [2.24, 2.45) is 0 Å². The van der Waals surface area contributed by atoms with Gasteiger partial charge in [0.2, 0.25) is 0 Å². The van der Waals surface area contributed by atoms with Gasteiger partial charge in [0.15, 0.2) is 0 Å². The first kappa shape index (κ1) is 10.4. The molecule has 0 amide bonds. The Morgan fingerprint density at radius 1 is 1.46 bits per heavy atom. The molecule has 0 fully saturated rings. The van der Waals surface area contributed by atoms with Crippen molar-refractivity contribution in [2.75, 3.05) is 12.3 Å². The van der Waals surface area contributed by atoms with E-state index in [2.05, 4.69) is 0 Å². The van der Waals surface area contributed by atoms with Crippen molar-refractivity contribution in [3.63, 3.8) is 0 Å². The van der Waals surface area contributed by atoms with Crippen LogP contribution in [-0.2, 0) is 5.41 Å². The van der Waals surface area contributed by atoms with Crippen LogP contribution in [0.25, 0.3) is 0 Å². The lowest BCUT2D eigenvalue weighted by molar-refractivity contribution is 0.218. The van der Waals surface area contributed by atoms with Crippen molar-refractivity contribution in [3.05, 3.63) is 28.8 Å². The molecule has 0 aliphatic heterocycles. The first-order valence-corrected chi connectivity index (χ1v) is 4.51. The van der Waals surface area contributed by atoms with E-state index in [1.807, 2.05) is 19.9 Å². The molecule has 13 heavy (non-hydrogen) atoms. The van der Waals surface area contributed by atoms with Crippen LogP contribution in [0.5, 0.6) is 0 Å². The summed E-state index contributed by atoms with van der Waals surface area (Å²) in [6, 6.07) is 5.44. The van der Waals surface area contributed by atoms with Crippen molar-refractivity contribution in [2.45, 2.75) is 19.3 Å². The molecule has 0 aromatic heterocycles. The van der Waals surface area contributed by atoms with Gasteiger partial charge < -0.3 is 10.8 Å². The van der Waals surface area contributed by atoms with Gasteiger partial charge >= 0.3 is 0 Å². The number of halogens is 1. The summed E-state index contributed by atoms with van der Waals surface area (Å²) < 4.78 is 0. The Morgan fingerprint density at radius 3 is 2.54 bits per heavy atom. The Morgan fingerprint density at radius 2 is 2.08 bits per heavy atom. The van der Waals surface area contributed by atoms with Crippen molar-refractivity contribution < 1.29 is 5.11 Å². The van der Waals surface area contributed by atoms with E-state index >= 15 is 0 Å². The van der Waals surface area contributed by atoms with Crippen molar-refractivity contribution in [1.29, 1.82) is 0 Å². The molecule has 3 heteroatoms. The number of nitrogen functional groups attached to an aromatic ring is 1. The van der Waals surface area contributed by atoms with Gasteiger partial charge in [0, 0.05) is 5.41 Å². The summed E-state index contributed by atoms with van der Waals surface area (Å²) in [6.07, 6.45) is 0. The molecule has 72 valence electrons. The van der Waals surface area contributed by atoms with Gasteiger partial charge in [0.25, 0.3) is 0 Å². The molecule has 1 rings (SSSR count). The molecule has 0 saturated carbocycles. The van der Waals surface area contributed by atoms with Gasteiger partial charge in [-0.2, -0.15) is 0 Å². The van der Waals surface area contributed by atoms with E-state index in [1.165, 1.54) is 0 Å². The largest absolute Gasteiger partial charge is 0.398 e. The molecular weight excluding hydrogens is 186 g/mol. The van der Waals surface area contributed by atoms with Crippen LogP contribution in [-0.4, -0.2) is 11.7 Å². The molecule has 0 aliphatic carbocycles. The lowest BCUT2D eigenvalue weighted by atomic mass is 9.85. The zero-order chi connectivity index (χ0) is 10.1. The quantitative estimate of drug-likeness (QED) is 0.718. The molecule has 3 N–H and O–H groups in total. The minimum absolute atomic E-state index is 0.0905. The Labute approximate surface area is 83.3 Å². The lowest BCUT2D eigenvalue weighted by Crippen LogP contribution is -2.21. The Hall–Kier alpha value is -0.730. The van der Waals surface area contributed by atoms with E-state index in [-0.39, 0.29) is 12.0 Å². The molecule has 0 heterocycles. The summed E-state index contributed by atoms with van der Waals surface area (Å²) in [7, 11) is 0. The summed E-state index contributed by atoms with van der Waals surface area (Å²) >= 11 is 5.87. The van der Waals surface area contributed by atoms with E-state index in [0.717, 1.165) is 5.56 Å². The van der Waals surface area contributed by atoms with E-state index in [4.69, 9.17) is 22.4 Å². The average Bonchev–Trinajstić information content (AvgIpc) is 2.09. The van der Waals surface area contributed by atoms with Gasteiger partial charge in [-0.15, -0.1) is 0 Å². The predicted octanol–water partition coefficient (Wildman–Crippen LogP) is 2.19. The maximum Gasteiger partial charge on any atom is 0.0638 e. The number of nitrogens with two attached hydrogens (primary N) is 1. The highest BCUT2D eigenvalue weighted by Gasteiger charge is 2.19. The maximum absolute atomic E-state index is 9.13. The molecule has 0 aliphatic rings. The molecule has 0 radical (unpaired) electrons. The molecule has 1 aromatic carbocycles. The monoisotopic (exact) mass is 199 g/mol. The van der Waals surface area contributed by atoms with Crippen molar-refractivity contribution >= 4 is 17.3 Å². The summed E-state index contributed by atoms with van der Waals surface area (Å²) in [5, 5.41) is 9.67. The third-order valence-corrected chi connectivity index (χ3v) is 2.50. The standard InChI is InChI=1S/C10H14ClNO/c1-10(2,6-13)7-3-4-9(12)8(11)5-7/h3-5,13H,6,12H2,1-2H3. The van der Waals surface area contributed by atoms with Gasteiger partial charge in [-0.1, -0.05) is 31.5 Å². The molecular formula is C10H14ClNO. The third-order valence-electron chi connectivity index (χ3n) is 2.18. The summed E-state index contributed by atoms with van der Waals surface area (Å²) in [5.41, 5.74) is 6.88. The number of anilines is 1. The molecule has 0 atom stereocenters. The number of hydrogen-bond acceptors (Lipinski definition) is 2. The van der Waals surface area contributed by atoms with Gasteiger partial charge in [-0.25, -0.2) is 0 Å². The topological polar surface area (TPSA) is 46.2 Å². The van der Waals surface area contributed by atoms with Gasteiger partial charge in [0.05, 0.1) is 17.3 Å². The highest BCUT2D eigenvalue weighted by atomic mass is 35.5. The van der Waals surface area contributed by atoms with Crippen LogP contribution in [0.15, 0.2) is 18.2 Å². The second-order valence-corrected chi connectivity index (χ2v) is 4.19. The van der Waals surface area contributed by atoms with Crippen LogP contribution in [0.3, 0.4) is 0 Å². The van der Waals surface area contributed by atoms with Crippen LogP contribution in [0, 0.1) is 0 Å². The Kier molecular flexibility index (Phi) is 2.84. The second kappa shape index (κ2) is 3.56. The third kappa shape index (κ3) is 2.14. The molecule has 2 nitrogen and oxygen atoms in total. The fraction of sp³-hybridized carbons (Fsp3) is 0.400. The number of rotatable bonds is 2. The predicted molar refractivity (Wildman–Crippen MR) is 56.0 cm³/mol. The Balaban J connectivity index is 3.10. The minimum Gasteiger partial charge on any atom is -0.398 e. The number of hydrogen-bond donors (Lipinski definition) is 2. The zero-order valence-corrected chi connectivity index (χ0v) is 8.60. The normalized spacial score (nSPS) is 11.7. The minimum atomic E-state index is -0.267. The van der Waals surface area contributed by atoms with Crippen LogP contribution in [0.4, 0.5) is 5.69 Å². The van der Waals surface area contributed by atoms with Gasteiger partial charge in [-0.05, 0) is 17.7 Å². The van der Waals surface area contributed by atoms with Crippen LogP contribution >= 0.6 is 11.6 Å². The molecule has 0 spiro atoms. The fourth-order valence-electron chi connectivity index (χ4n) is 1.04. The number of aliphatic hydroxyl groups excluding tert-OH is 1. The van der Waals surface area contributed by atoms with Gasteiger partial charge in [0.1, 0.15) is 0 Å². The van der Waals surface area contributed by atoms with Gasteiger partial charge in [-0.3, -0.25) is 0 Å². The average molecular weight is 200 g/mol. The van der Waals surface area contributed by atoms with Crippen LogP contribution in [0.1, 0.15) is 19.4 Å². The van der Waals surface area contributed by atoms with Crippen LogP contribution < -0.4 is 5.73 Å². The fourth-order valence-corrected chi connectivity index (χ4v) is 1.22. The van der Waals surface area contributed by atoms with Crippen molar-refractivity contribution in [3.8, 4) is 0 Å². The highest BCUT2D eigenvalue weighted by molar-refractivity contribution is 6.33. The maximum atomic E-state index is 9.13. The van der Waals surface area contributed by atoms with Crippen LogP contribution in [0.2, 0.25) is 5.02 Å². The summed E-state index contributed by atoms with van der Waals surface area (Å²) in [4.78, 5) is 0. The smallest absolute Gasteiger partial charge is 0.0638 e. The zero-order valence-electron chi connectivity index (χ0n) is 7.84. The second-order valence-electron chi connectivity index (χ2n) is 3.78. The summed E-state index contributed by atoms with van der Waals surface area (Å²) in [5.74, 6) is 0. The molecule has 0 saturated heterocycles. The highest BCUT2D eigenvalue weighted by Crippen LogP contribution is 2.28. The van der Waals surface area contributed by atoms with E-state index in [1.54, 1.807) is 12.1 Å². The SMILES string of the molecule is CC(C)(CO)c1ccc(N)c(Cl)c1. The van der Waals surface area contributed by atoms with E-state index in [9.17, 15) is 0 Å². The first-order valence-electron chi connectivity index (χ1n) is 4.14. The molecule has 0 bridgehead atoms. The van der Waals surface area contributed by atoms with E-state index < -0.39 is 0 Å². The molecule has 0 unspecified atom stereocenters. The molecule has 1 aromatic rings.